The molecule has 4 heteroatoms. The van der Waals surface area contributed by atoms with Crippen molar-refractivity contribution in [3.05, 3.63) is 65.2 Å². The predicted molar refractivity (Wildman–Crippen MR) is 105 cm³/mol. The van der Waals surface area contributed by atoms with Crippen molar-refractivity contribution < 1.29 is 14.3 Å². The Balaban J connectivity index is 1.42. The van der Waals surface area contributed by atoms with Gasteiger partial charge in [0.05, 0.1) is 12.1 Å². The van der Waals surface area contributed by atoms with E-state index >= 15 is 0 Å². The van der Waals surface area contributed by atoms with Gasteiger partial charge in [0.25, 0.3) is 0 Å². The average Bonchev–Trinajstić information content (AvgIpc) is 3.08. The minimum atomic E-state index is -0.269. The fourth-order valence-electron chi connectivity index (χ4n) is 4.47. The molecule has 0 radical (unpaired) electrons. The first-order chi connectivity index (χ1) is 13.2. The van der Waals surface area contributed by atoms with Crippen LogP contribution in [-0.4, -0.2) is 18.3 Å². The van der Waals surface area contributed by atoms with Crippen molar-refractivity contribution in [2.75, 3.05) is 11.9 Å². The molecule has 1 saturated carbocycles. The molecular formula is C23H25NO3. The van der Waals surface area contributed by atoms with Gasteiger partial charge in [0.15, 0.2) is 5.78 Å². The molecule has 1 aliphatic carbocycles. The van der Waals surface area contributed by atoms with Gasteiger partial charge in [0.2, 0.25) is 0 Å². The van der Waals surface area contributed by atoms with E-state index in [0.717, 1.165) is 24.1 Å². The van der Waals surface area contributed by atoms with Gasteiger partial charge in [-0.05, 0) is 36.6 Å². The van der Waals surface area contributed by atoms with Gasteiger partial charge in [0, 0.05) is 23.1 Å². The minimum absolute atomic E-state index is 0.0174. The maximum Gasteiger partial charge on any atom is 0.338 e. The van der Waals surface area contributed by atoms with Gasteiger partial charge in [0.1, 0.15) is 6.61 Å². The number of ketones is 1. The number of rotatable bonds is 6. The highest BCUT2D eigenvalue weighted by Crippen LogP contribution is 2.42. The zero-order valence-electron chi connectivity index (χ0n) is 15.5. The zero-order valence-corrected chi connectivity index (χ0v) is 15.5. The van der Waals surface area contributed by atoms with Crippen molar-refractivity contribution >= 4 is 17.4 Å². The lowest BCUT2D eigenvalue weighted by molar-refractivity contribution is -0.119. The summed E-state index contributed by atoms with van der Waals surface area (Å²) in [6.45, 7) is 0.622. The molecular weight excluding hydrogens is 338 g/mol. The number of hydrogen-bond acceptors (Lipinski definition) is 4. The Hall–Kier alpha value is -2.62. The maximum atomic E-state index is 12.8. The van der Waals surface area contributed by atoms with Crippen molar-refractivity contribution in [1.29, 1.82) is 0 Å². The van der Waals surface area contributed by atoms with E-state index in [9.17, 15) is 9.59 Å². The molecule has 2 aromatic carbocycles. The highest BCUT2D eigenvalue weighted by molar-refractivity contribution is 5.94. The van der Waals surface area contributed by atoms with Gasteiger partial charge in [-0.3, -0.25) is 4.79 Å². The topological polar surface area (TPSA) is 55.4 Å². The number of Topliss-reactive ketones (excluding diaryl/α,β-unsaturated/α-hetero) is 1. The number of carbonyl (C=O) groups is 2. The lowest BCUT2D eigenvalue weighted by atomic mass is 9.66. The summed E-state index contributed by atoms with van der Waals surface area (Å²) in [5.74, 6) is -0.0386. The lowest BCUT2D eigenvalue weighted by Gasteiger charge is -2.37. The molecule has 2 aliphatic rings. The number of cyclic esters (lactones) is 1. The number of fused-ring (bicyclic) bond motifs is 1. The van der Waals surface area contributed by atoms with Crippen LogP contribution in [0.5, 0.6) is 0 Å². The molecule has 0 saturated heterocycles. The number of esters is 1. The molecule has 0 aromatic heterocycles. The van der Waals surface area contributed by atoms with Crippen LogP contribution in [-0.2, 0) is 21.6 Å². The van der Waals surface area contributed by atoms with Crippen LogP contribution in [0.3, 0.4) is 0 Å². The standard InChI is InChI=1S/C23H25NO3/c25-20(15-24-19-9-10-21-17(13-19)16-27-22(21)26)14-23(11-5-2-6-12-23)18-7-3-1-4-8-18/h1,3-4,7-10,13,24H,2,5-6,11-12,14-16H2. The van der Waals surface area contributed by atoms with E-state index in [1.165, 1.54) is 24.8 Å². The molecule has 27 heavy (non-hydrogen) atoms. The summed E-state index contributed by atoms with van der Waals surface area (Å²) >= 11 is 0. The Bertz CT molecular complexity index is 838. The van der Waals surface area contributed by atoms with E-state index in [2.05, 4.69) is 29.6 Å². The minimum Gasteiger partial charge on any atom is -0.457 e. The number of ether oxygens (including phenoxy) is 1. The summed E-state index contributed by atoms with van der Waals surface area (Å²) < 4.78 is 5.03. The highest BCUT2D eigenvalue weighted by Gasteiger charge is 2.35. The third kappa shape index (κ3) is 3.75. The van der Waals surface area contributed by atoms with Crippen molar-refractivity contribution in [3.8, 4) is 0 Å². The number of anilines is 1. The van der Waals surface area contributed by atoms with Crippen LogP contribution in [0.4, 0.5) is 5.69 Å². The molecule has 1 N–H and O–H groups in total. The summed E-state index contributed by atoms with van der Waals surface area (Å²) in [5.41, 5.74) is 3.64. The second-order valence-electron chi connectivity index (χ2n) is 7.72. The summed E-state index contributed by atoms with van der Waals surface area (Å²) in [6, 6.07) is 16.0. The molecule has 4 rings (SSSR count). The van der Waals surface area contributed by atoms with E-state index < -0.39 is 0 Å². The van der Waals surface area contributed by atoms with Crippen molar-refractivity contribution in [1.82, 2.24) is 0 Å². The molecule has 0 atom stereocenters. The smallest absolute Gasteiger partial charge is 0.338 e. The second kappa shape index (κ2) is 7.55. The van der Waals surface area contributed by atoms with E-state index in [0.29, 0.717) is 25.1 Å². The number of carbonyl (C=O) groups excluding carboxylic acids is 2. The van der Waals surface area contributed by atoms with E-state index in [-0.39, 0.29) is 17.2 Å². The molecule has 140 valence electrons. The summed E-state index contributed by atoms with van der Waals surface area (Å²) in [5, 5.41) is 3.23. The Morgan fingerprint density at radius 3 is 2.59 bits per heavy atom. The molecule has 0 amide bonds. The van der Waals surface area contributed by atoms with E-state index in [4.69, 9.17) is 4.74 Å². The zero-order chi connectivity index (χ0) is 18.7. The van der Waals surface area contributed by atoms with Crippen LogP contribution in [0.2, 0.25) is 0 Å². The van der Waals surface area contributed by atoms with Gasteiger partial charge in [-0.1, -0.05) is 49.6 Å². The molecule has 4 nitrogen and oxygen atoms in total. The van der Waals surface area contributed by atoms with Crippen molar-refractivity contribution in [3.63, 3.8) is 0 Å². The van der Waals surface area contributed by atoms with Crippen LogP contribution < -0.4 is 5.32 Å². The van der Waals surface area contributed by atoms with Crippen LogP contribution in [0.1, 0.15) is 60.0 Å². The first kappa shape index (κ1) is 17.8. The molecule has 1 heterocycles. The SMILES string of the molecule is O=C(CNc1ccc2c(c1)COC2=O)CC1(c2ccccc2)CCCCC1. The number of benzene rings is 2. The molecule has 2 aromatic rings. The highest BCUT2D eigenvalue weighted by atomic mass is 16.5. The Morgan fingerprint density at radius 1 is 1.04 bits per heavy atom. The van der Waals surface area contributed by atoms with E-state index in [1.807, 2.05) is 18.2 Å². The predicted octanol–water partition coefficient (Wildman–Crippen LogP) is 4.63. The Morgan fingerprint density at radius 2 is 1.81 bits per heavy atom. The van der Waals surface area contributed by atoms with Gasteiger partial charge in [-0.15, -0.1) is 0 Å². The Kier molecular flexibility index (Phi) is 4.97. The molecule has 0 spiro atoms. The summed E-state index contributed by atoms with van der Waals surface area (Å²) in [6.07, 6.45) is 6.39. The maximum absolute atomic E-state index is 12.8. The Labute approximate surface area is 159 Å². The molecule has 0 unspecified atom stereocenters. The largest absolute Gasteiger partial charge is 0.457 e. The quantitative estimate of drug-likeness (QED) is 0.760. The first-order valence-corrected chi connectivity index (χ1v) is 9.77. The van der Waals surface area contributed by atoms with Gasteiger partial charge in [-0.25, -0.2) is 4.79 Å². The third-order valence-corrected chi connectivity index (χ3v) is 5.91. The van der Waals surface area contributed by atoms with Crippen LogP contribution in [0.25, 0.3) is 0 Å². The average molecular weight is 363 g/mol. The fraction of sp³-hybridized carbons (Fsp3) is 0.391. The molecule has 1 fully saturated rings. The fourth-order valence-corrected chi connectivity index (χ4v) is 4.47. The second-order valence-corrected chi connectivity index (χ2v) is 7.72. The summed E-state index contributed by atoms with van der Waals surface area (Å²) in [4.78, 5) is 24.3. The van der Waals surface area contributed by atoms with Gasteiger partial charge < -0.3 is 10.1 Å². The van der Waals surface area contributed by atoms with E-state index in [1.54, 1.807) is 6.07 Å². The normalized spacial score (nSPS) is 17.9. The van der Waals surface area contributed by atoms with Gasteiger partial charge in [-0.2, -0.15) is 0 Å². The van der Waals surface area contributed by atoms with Crippen molar-refractivity contribution in [2.24, 2.45) is 0 Å². The van der Waals surface area contributed by atoms with Crippen LogP contribution in [0.15, 0.2) is 48.5 Å². The van der Waals surface area contributed by atoms with Crippen LogP contribution >= 0.6 is 0 Å². The van der Waals surface area contributed by atoms with Crippen molar-refractivity contribution in [2.45, 2.75) is 50.5 Å². The molecule has 0 bridgehead atoms. The lowest BCUT2D eigenvalue weighted by Crippen LogP contribution is -2.33. The summed E-state index contributed by atoms with van der Waals surface area (Å²) in [7, 11) is 0. The number of hydrogen-bond donors (Lipinski definition) is 1. The van der Waals surface area contributed by atoms with Crippen LogP contribution in [0, 0.1) is 0 Å². The van der Waals surface area contributed by atoms with Gasteiger partial charge >= 0.3 is 5.97 Å². The third-order valence-electron chi connectivity index (χ3n) is 5.91. The first-order valence-electron chi connectivity index (χ1n) is 9.77. The number of nitrogens with one attached hydrogen (secondary N) is 1. The monoisotopic (exact) mass is 363 g/mol. The molecule has 1 aliphatic heterocycles.